The summed E-state index contributed by atoms with van der Waals surface area (Å²) in [5, 5.41) is 0.745. The number of likely N-dealkylation sites (tertiary alicyclic amines) is 1. The third-order valence-electron chi connectivity index (χ3n) is 6.80. The second kappa shape index (κ2) is 8.58. The number of fused-ring (bicyclic) bond motifs is 2. The van der Waals surface area contributed by atoms with E-state index in [-0.39, 0.29) is 5.75 Å². The number of ether oxygens (including phenoxy) is 3. The molecule has 2 aromatic carbocycles. The molecule has 1 aromatic heterocycles. The summed E-state index contributed by atoms with van der Waals surface area (Å²) in [5.74, 6) is 3.79. The van der Waals surface area contributed by atoms with Crippen molar-refractivity contribution in [2.45, 2.75) is 19.8 Å². The van der Waals surface area contributed by atoms with Crippen molar-refractivity contribution in [1.82, 2.24) is 9.88 Å². The summed E-state index contributed by atoms with van der Waals surface area (Å²) in [5.41, 5.74) is 1.56. The number of aryl methyl sites for hydroxylation is 1. The van der Waals surface area contributed by atoms with Gasteiger partial charge in [0.1, 0.15) is 5.75 Å². The maximum atomic E-state index is 14.3. The van der Waals surface area contributed by atoms with Gasteiger partial charge in [-0.2, -0.15) is 0 Å². The van der Waals surface area contributed by atoms with Gasteiger partial charge in [-0.05, 0) is 74.4 Å². The minimum atomic E-state index is -0.394. The first-order valence-corrected chi connectivity index (χ1v) is 11.2. The van der Waals surface area contributed by atoms with E-state index in [0.29, 0.717) is 29.8 Å². The fourth-order valence-electron chi connectivity index (χ4n) is 5.30. The third-order valence-corrected chi connectivity index (χ3v) is 6.80. The lowest BCUT2D eigenvalue weighted by molar-refractivity contribution is 0.227. The molecule has 3 aromatic rings. The number of methoxy groups -OCH3 is 1. The third kappa shape index (κ3) is 4.11. The zero-order valence-electron chi connectivity index (χ0n) is 18.8. The summed E-state index contributed by atoms with van der Waals surface area (Å²) in [7, 11) is 3.84. The van der Waals surface area contributed by atoms with Crippen LogP contribution in [0.25, 0.3) is 10.9 Å². The van der Waals surface area contributed by atoms with Crippen LogP contribution in [0.5, 0.6) is 23.0 Å². The number of nitrogens with zero attached hydrogens (tertiary/aromatic N) is 2. The van der Waals surface area contributed by atoms with Crippen LogP contribution in [-0.2, 0) is 0 Å². The van der Waals surface area contributed by atoms with Crippen LogP contribution in [0.4, 0.5) is 4.39 Å². The topological polar surface area (TPSA) is 43.8 Å². The first-order chi connectivity index (χ1) is 15.5. The van der Waals surface area contributed by atoms with E-state index in [9.17, 15) is 4.39 Å². The Morgan fingerprint density at radius 2 is 1.78 bits per heavy atom. The Kier molecular flexibility index (Phi) is 5.64. The highest BCUT2D eigenvalue weighted by Crippen LogP contribution is 2.42. The first-order valence-electron chi connectivity index (χ1n) is 11.2. The zero-order chi connectivity index (χ0) is 22.2. The van der Waals surface area contributed by atoms with Crippen LogP contribution in [0.3, 0.4) is 0 Å². The van der Waals surface area contributed by atoms with E-state index >= 15 is 0 Å². The van der Waals surface area contributed by atoms with Crippen molar-refractivity contribution in [2.24, 2.45) is 17.8 Å². The van der Waals surface area contributed by atoms with E-state index in [1.165, 1.54) is 32.0 Å². The average molecular weight is 437 g/mol. The molecule has 0 N–H and O–H groups in total. The molecule has 5 nitrogen and oxygen atoms in total. The molecule has 0 radical (unpaired) electrons. The maximum Gasteiger partial charge on any atom is 0.165 e. The van der Waals surface area contributed by atoms with Gasteiger partial charge in [-0.1, -0.05) is 6.07 Å². The van der Waals surface area contributed by atoms with Crippen LogP contribution in [0.15, 0.2) is 42.6 Å². The van der Waals surface area contributed by atoms with Gasteiger partial charge in [-0.25, -0.2) is 4.39 Å². The number of hydrogen-bond donors (Lipinski definition) is 0. The highest BCUT2D eigenvalue weighted by Gasteiger charge is 2.39. The van der Waals surface area contributed by atoms with Crippen molar-refractivity contribution < 1.29 is 18.6 Å². The van der Waals surface area contributed by atoms with Crippen molar-refractivity contribution in [3.63, 3.8) is 0 Å². The van der Waals surface area contributed by atoms with Gasteiger partial charge in [0, 0.05) is 30.7 Å². The van der Waals surface area contributed by atoms with E-state index < -0.39 is 5.82 Å². The highest BCUT2D eigenvalue weighted by molar-refractivity contribution is 5.88. The maximum absolute atomic E-state index is 14.3. The van der Waals surface area contributed by atoms with Gasteiger partial charge in [0.05, 0.1) is 19.2 Å². The molecule has 2 unspecified atom stereocenters. The summed E-state index contributed by atoms with van der Waals surface area (Å²) in [4.78, 5) is 6.91. The molecule has 0 bridgehead atoms. The molecule has 1 saturated heterocycles. The van der Waals surface area contributed by atoms with Gasteiger partial charge in [-0.15, -0.1) is 0 Å². The molecular weight excluding hydrogens is 407 g/mol. The molecule has 32 heavy (non-hydrogen) atoms. The molecule has 2 aliphatic rings. The van der Waals surface area contributed by atoms with E-state index in [4.69, 9.17) is 14.2 Å². The molecular formula is C26H29FN2O3. The van der Waals surface area contributed by atoms with E-state index in [0.717, 1.165) is 28.3 Å². The molecule has 1 aliphatic carbocycles. The number of benzene rings is 2. The van der Waals surface area contributed by atoms with Crippen LogP contribution in [-0.4, -0.2) is 43.7 Å². The number of halogens is 1. The zero-order valence-corrected chi connectivity index (χ0v) is 18.8. The van der Waals surface area contributed by atoms with Crippen LogP contribution >= 0.6 is 0 Å². The highest BCUT2D eigenvalue weighted by atomic mass is 19.1. The summed E-state index contributed by atoms with van der Waals surface area (Å²) >= 11 is 0. The fraction of sp³-hybridized carbons (Fsp3) is 0.423. The summed E-state index contributed by atoms with van der Waals surface area (Å²) in [6, 6.07) is 10.4. The van der Waals surface area contributed by atoms with Gasteiger partial charge in [0.25, 0.3) is 0 Å². The van der Waals surface area contributed by atoms with Crippen molar-refractivity contribution in [2.75, 3.05) is 33.9 Å². The molecule has 1 saturated carbocycles. The van der Waals surface area contributed by atoms with E-state index in [1.54, 1.807) is 25.4 Å². The second-order valence-corrected chi connectivity index (χ2v) is 9.26. The molecule has 2 atom stereocenters. The number of aromatic nitrogens is 1. The average Bonchev–Trinajstić information content (AvgIpc) is 3.30. The largest absolute Gasteiger partial charge is 0.493 e. The van der Waals surface area contributed by atoms with E-state index in [1.807, 2.05) is 25.1 Å². The molecule has 2 heterocycles. The molecule has 2 fully saturated rings. The Hall–Kier alpha value is -2.86. The Bertz CT molecular complexity index is 1120. The Labute approximate surface area is 188 Å². The Morgan fingerprint density at radius 3 is 2.50 bits per heavy atom. The lowest BCUT2D eigenvalue weighted by Crippen LogP contribution is -2.18. The molecule has 0 amide bonds. The summed E-state index contributed by atoms with van der Waals surface area (Å²) in [6.07, 6.45) is 4.11. The predicted octanol–water partition coefficient (Wildman–Crippen LogP) is 5.45. The summed E-state index contributed by atoms with van der Waals surface area (Å²) in [6.45, 7) is 4.93. The van der Waals surface area contributed by atoms with Crippen LogP contribution < -0.4 is 14.2 Å². The van der Waals surface area contributed by atoms with Gasteiger partial charge < -0.3 is 19.1 Å². The lowest BCUT2D eigenvalue weighted by atomic mass is 10.0. The molecule has 6 heteroatoms. The Balaban J connectivity index is 1.36. The Morgan fingerprint density at radius 1 is 1.00 bits per heavy atom. The number of pyridine rings is 1. The van der Waals surface area contributed by atoms with Crippen molar-refractivity contribution in [1.29, 1.82) is 0 Å². The molecule has 5 rings (SSSR count). The smallest absolute Gasteiger partial charge is 0.165 e. The minimum absolute atomic E-state index is 0.180. The predicted molar refractivity (Wildman–Crippen MR) is 122 cm³/mol. The summed E-state index contributed by atoms with van der Waals surface area (Å²) < 4.78 is 32.0. The lowest BCUT2D eigenvalue weighted by Gasteiger charge is -2.17. The number of hydrogen-bond acceptors (Lipinski definition) is 5. The number of rotatable bonds is 6. The van der Waals surface area contributed by atoms with Crippen LogP contribution in [0, 0.1) is 30.5 Å². The first kappa shape index (κ1) is 21.0. The van der Waals surface area contributed by atoms with Gasteiger partial charge >= 0.3 is 0 Å². The van der Waals surface area contributed by atoms with Gasteiger partial charge in [0.15, 0.2) is 23.1 Å². The van der Waals surface area contributed by atoms with Crippen molar-refractivity contribution >= 4 is 10.9 Å². The monoisotopic (exact) mass is 436 g/mol. The van der Waals surface area contributed by atoms with Crippen LogP contribution in [0.1, 0.15) is 18.4 Å². The van der Waals surface area contributed by atoms with Gasteiger partial charge in [0.2, 0.25) is 0 Å². The standard InChI is InChI=1S/C26H29FN2O3/c1-16-4-5-24(21(27)8-16)32-23-6-7-28-22-12-26(25(30-3)11-20(22)23)31-15-17-9-18-13-29(2)14-19(18)10-17/h4-8,11-12,17-19H,9-10,13-15H2,1-3H3. The second-order valence-electron chi connectivity index (χ2n) is 9.26. The van der Waals surface area contributed by atoms with Crippen molar-refractivity contribution in [3.8, 4) is 23.0 Å². The fourth-order valence-corrected chi connectivity index (χ4v) is 5.30. The van der Waals surface area contributed by atoms with Crippen molar-refractivity contribution in [3.05, 3.63) is 54.0 Å². The van der Waals surface area contributed by atoms with Gasteiger partial charge in [-0.3, -0.25) is 4.98 Å². The SMILES string of the molecule is COc1cc2c(Oc3ccc(C)cc3F)ccnc2cc1OCC1CC2CN(C)CC2C1. The molecule has 168 valence electrons. The quantitative estimate of drug-likeness (QED) is 0.514. The molecule has 0 spiro atoms. The normalized spacial score (nSPS) is 22.8. The van der Waals surface area contributed by atoms with Crippen LogP contribution in [0.2, 0.25) is 0 Å². The molecule has 1 aliphatic heterocycles. The van der Waals surface area contributed by atoms with E-state index in [2.05, 4.69) is 16.9 Å². The minimum Gasteiger partial charge on any atom is -0.493 e.